The lowest BCUT2D eigenvalue weighted by atomic mass is 10.1. The molecule has 6 nitrogen and oxygen atoms in total. The van der Waals surface area contributed by atoms with Crippen molar-refractivity contribution in [3.8, 4) is 0 Å². The van der Waals surface area contributed by atoms with Crippen LogP contribution in [0.15, 0.2) is 12.1 Å². The van der Waals surface area contributed by atoms with Gasteiger partial charge in [-0.05, 0) is 25.0 Å². The summed E-state index contributed by atoms with van der Waals surface area (Å²) in [5.41, 5.74) is 6.25. The van der Waals surface area contributed by atoms with Crippen LogP contribution in [0, 0.1) is 0 Å². The van der Waals surface area contributed by atoms with Crippen LogP contribution in [0.25, 0.3) is 0 Å². The maximum absolute atomic E-state index is 12.2. The van der Waals surface area contributed by atoms with E-state index in [-0.39, 0.29) is 11.9 Å². The van der Waals surface area contributed by atoms with Gasteiger partial charge in [0.2, 0.25) is 0 Å². The Morgan fingerprint density at radius 1 is 1.44 bits per heavy atom. The highest BCUT2D eigenvalue weighted by Crippen LogP contribution is 2.12. The van der Waals surface area contributed by atoms with Gasteiger partial charge in [0.15, 0.2) is 11.5 Å². The molecule has 1 atom stereocenters. The summed E-state index contributed by atoms with van der Waals surface area (Å²) in [7, 11) is 3.77. The minimum atomic E-state index is -0.0806. The molecule has 0 aromatic carbocycles. The minimum absolute atomic E-state index is 0.0803. The molecule has 1 aliphatic rings. The molecule has 0 radical (unpaired) electrons. The second-order valence-electron chi connectivity index (χ2n) is 4.82. The summed E-state index contributed by atoms with van der Waals surface area (Å²) >= 11 is 0. The Balaban J connectivity index is 2.08. The Hall–Kier alpha value is -1.69. The number of hydrogen-bond acceptors (Lipinski definition) is 5. The normalized spacial score (nSPS) is 19.7. The van der Waals surface area contributed by atoms with Gasteiger partial charge < -0.3 is 15.5 Å². The molecule has 1 aromatic rings. The van der Waals surface area contributed by atoms with Crippen LogP contribution in [0.5, 0.6) is 0 Å². The van der Waals surface area contributed by atoms with Crippen molar-refractivity contribution in [1.29, 1.82) is 0 Å². The monoisotopic (exact) mass is 249 g/mol. The van der Waals surface area contributed by atoms with E-state index >= 15 is 0 Å². The van der Waals surface area contributed by atoms with Crippen LogP contribution >= 0.6 is 0 Å². The second-order valence-corrected chi connectivity index (χ2v) is 4.82. The smallest absolute Gasteiger partial charge is 0.274 e. The molecule has 2 rings (SSSR count). The average molecular weight is 249 g/mol. The summed E-state index contributed by atoms with van der Waals surface area (Å²) in [5.74, 6) is 0.657. The number of nitrogens with two attached hydrogens (primary N) is 1. The molecule has 1 fully saturated rings. The second kappa shape index (κ2) is 5.30. The Labute approximate surface area is 107 Å². The van der Waals surface area contributed by atoms with Crippen molar-refractivity contribution in [2.24, 2.45) is 5.73 Å². The maximum Gasteiger partial charge on any atom is 0.274 e. The van der Waals surface area contributed by atoms with E-state index in [0.717, 1.165) is 25.2 Å². The fourth-order valence-electron chi connectivity index (χ4n) is 2.03. The van der Waals surface area contributed by atoms with Crippen molar-refractivity contribution in [1.82, 2.24) is 15.1 Å². The van der Waals surface area contributed by atoms with Crippen molar-refractivity contribution in [2.75, 3.05) is 32.1 Å². The highest BCUT2D eigenvalue weighted by atomic mass is 16.2. The number of rotatable bonds is 2. The first-order chi connectivity index (χ1) is 8.58. The first-order valence-corrected chi connectivity index (χ1v) is 6.14. The van der Waals surface area contributed by atoms with Gasteiger partial charge in [-0.15, -0.1) is 10.2 Å². The van der Waals surface area contributed by atoms with Gasteiger partial charge in [-0.25, -0.2) is 0 Å². The van der Waals surface area contributed by atoms with Crippen LogP contribution < -0.4 is 10.6 Å². The number of likely N-dealkylation sites (tertiary alicyclic amines) is 1. The van der Waals surface area contributed by atoms with E-state index in [0.29, 0.717) is 12.2 Å². The molecule has 2 N–H and O–H groups in total. The van der Waals surface area contributed by atoms with Crippen molar-refractivity contribution in [3.05, 3.63) is 17.8 Å². The van der Waals surface area contributed by atoms with E-state index < -0.39 is 0 Å². The number of hydrogen-bond donors (Lipinski definition) is 1. The molecule has 18 heavy (non-hydrogen) atoms. The fraction of sp³-hybridized carbons (Fsp3) is 0.583. The largest absolute Gasteiger partial charge is 0.361 e. The number of piperidine rings is 1. The third-order valence-corrected chi connectivity index (χ3v) is 3.07. The molecule has 98 valence electrons. The summed E-state index contributed by atoms with van der Waals surface area (Å²) in [4.78, 5) is 15.8. The number of carbonyl (C=O) groups excluding carboxylic acids is 1. The SMILES string of the molecule is CN(C)c1ccc(C(=O)N2CCC[C@@H](N)C2)nn1. The Morgan fingerprint density at radius 3 is 2.78 bits per heavy atom. The molecule has 0 spiro atoms. The topological polar surface area (TPSA) is 75.4 Å². The minimum Gasteiger partial charge on any atom is -0.361 e. The lowest BCUT2D eigenvalue weighted by Crippen LogP contribution is -2.46. The molecular formula is C12H19N5O. The molecule has 0 unspecified atom stereocenters. The summed E-state index contributed by atoms with van der Waals surface area (Å²) in [6.07, 6.45) is 1.94. The van der Waals surface area contributed by atoms with Crippen LogP contribution in [0.2, 0.25) is 0 Å². The van der Waals surface area contributed by atoms with Crippen LogP contribution in [-0.4, -0.2) is 54.2 Å². The molecule has 6 heteroatoms. The van der Waals surface area contributed by atoms with Gasteiger partial charge in [-0.1, -0.05) is 0 Å². The average Bonchev–Trinajstić information content (AvgIpc) is 2.38. The molecule has 1 aliphatic heterocycles. The summed E-state index contributed by atoms with van der Waals surface area (Å²) in [5, 5.41) is 7.99. The molecule has 0 saturated carbocycles. The van der Waals surface area contributed by atoms with Crippen LogP contribution in [0.4, 0.5) is 5.82 Å². The zero-order chi connectivity index (χ0) is 13.1. The summed E-state index contributed by atoms with van der Waals surface area (Å²) in [6.45, 7) is 1.36. The maximum atomic E-state index is 12.2. The standard InChI is InChI=1S/C12H19N5O/c1-16(2)11-6-5-10(14-15-11)12(18)17-7-3-4-9(13)8-17/h5-6,9H,3-4,7-8,13H2,1-2H3/t9-/m1/s1. The van der Waals surface area contributed by atoms with E-state index in [1.54, 1.807) is 17.0 Å². The molecule has 0 bridgehead atoms. The first kappa shape index (κ1) is 12.8. The molecular weight excluding hydrogens is 230 g/mol. The Kier molecular flexibility index (Phi) is 3.76. The van der Waals surface area contributed by atoms with Crippen molar-refractivity contribution < 1.29 is 4.79 Å². The number of aromatic nitrogens is 2. The van der Waals surface area contributed by atoms with Gasteiger partial charge in [0, 0.05) is 33.2 Å². The van der Waals surface area contributed by atoms with Gasteiger partial charge >= 0.3 is 0 Å². The van der Waals surface area contributed by atoms with E-state index in [4.69, 9.17) is 5.73 Å². The fourth-order valence-corrected chi connectivity index (χ4v) is 2.03. The lowest BCUT2D eigenvalue weighted by molar-refractivity contribution is 0.0701. The molecule has 1 aromatic heterocycles. The predicted octanol–water partition coefficient (Wildman–Crippen LogP) is 0.106. The van der Waals surface area contributed by atoms with Crippen molar-refractivity contribution in [2.45, 2.75) is 18.9 Å². The predicted molar refractivity (Wildman–Crippen MR) is 69.5 cm³/mol. The quantitative estimate of drug-likeness (QED) is 0.805. The van der Waals surface area contributed by atoms with Gasteiger partial charge in [0.05, 0.1) is 0 Å². The van der Waals surface area contributed by atoms with Gasteiger partial charge in [-0.2, -0.15) is 0 Å². The Bertz CT molecular complexity index is 417. The highest BCUT2D eigenvalue weighted by molar-refractivity contribution is 5.92. The third-order valence-electron chi connectivity index (χ3n) is 3.07. The lowest BCUT2D eigenvalue weighted by Gasteiger charge is -2.30. The van der Waals surface area contributed by atoms with Gasteiger partial charge in [0.1, 0.15) is 0 Å². The van der Waals surface area contributed by atoms with Crippen molar-refractivity contribution >= 4 is 11.7 Å². The Morgan fingerprint density at radius 2 is 2.22 bits per heavy atom. The number of nitrogens with zero attached hydrogens (tertiary/aromatic N) is 4. The molecule has 2 heterocycles. The van der Waals surface area contributed by atoms with E-state index in [1.807, 2.05) is 19.0 Å². The molecule has 1 amide bonds. The van der Waals surface area contributed by atoms with Gasteiger partial charge in [0.25, 0.3) is 5.91 Å². The number of anilines is 1. The highest BCUT2D eigenvalue weighted by Gasteiger charge is 2.23. The number of amides is 1. The van der Waals surface area contributed by atoms with E-state index in [1.165, 1.54) is 0 Å². The third kappa shape index (κ3) is 2.76. The van der Waals surface area contributed by atoms with E-state index in [2.05, 4.69) is 10.2 Å². The van der Waals surface area contributed by atoms with Crippen molar-refractivity contribution in [3.63, 3.8) is 0 Å². The van der Waals surface area contributed by atoms with Gasteiger partial charge in [-0.3, -0.25) is 4.79 Å². The summed E-state index contributed by atoms with van der Waals surface area (Å²) < 4.78 is 0. The first-order valence-electron chi connectivity index (χ1n) is 6.14. The zero-order valence-corrected chi connectivity index (χ0v) is 10.8. The zero-order valence-electron chi connectivity index (χ0n) is 10.8. The molecule has 1 saturated heterocycles. The van der Waals surface area contributed by atoms with Crippen LogP contribution in [-0.2, 0) is 0 Å². The summed E-state index contributed by atoms with van der Waals surface area (Å²) in [6, 6.07) is 3.59. The van der Waals surface area contributed by atoms with Crippen LogP contribution in [0.3, 0.4) is 0 Å². The van der Waals surface area contributed by atoms with Crippen LogP contribution in [0.1, 0.15) is 23.3 Å². The number of carbonyl (C=O) groups is 1. The molecule has 0 aliphatic carbocycles. The van der Waals surface area contributed by atoms with E-state index in [9.17, 15) is 4.79 Å².